The van der Waals surface area contributed by atoms with Gasteiger partial charge >= 0.3 is 0 Å². The van der Waals surface area contributed by atoms with Crippen molar-refractivity contribution < 1.29 is 4.74 Å². The van der Waals surface area contributed by atoms with Crippen molar-refractivity contribution in [3.63, 3.8) is 0 Å². The van der Waals surface area contributed by atoms with E-state index in [1.165, 1.54) is 0 Å². The first kappa shape index (κ1) is 11.2. The highest BCUT2D eigenvalue weighted by Crippen LogP contribution is 2.29. The molecular weight excluding hydrogens is 291 g/mol. The first-order valence-electron chi connectivity index (χ1n) is 4.49. The third-order valence-corrected chi connectivity index (χ3v) is 2.59. The maximum absolute atomic E-state index is 5.84. The van der Waals surface area contributed by atoms with Crippen LogP contribution in [0.1, 0.15) is 0 Å². The van der Waals surface area contributed by atoms with E-state index in [-0.39, 0.29) is 0 Å². The minimum absolute atomic E-state index is 0.470. The summed E-state index contributed by atoms with van der Waals surface area (Å²) in [4.78, 5) is 4.08. The maximum atomic E-state index is 5.84. The third-order valence-electron chi connectivity index (χ3n) is 1.89. The topological polar surface area (TPSA) is 48.1 Å². The number of halogens is 2. The van der Waals surface area contributed by atoms with Gasteiger partial charge in [0, 0.05) is 27.8 Å². The molecule has 0 radical (unpaired) electrons. The molecule has 0 aliphatic carbocycles. The van der Waals surface area contributed by atoms with Crippen LogP contribution in [-0.4, -0.2) is 4.98 Å². The van der Waals surface area contributed by atoms with Crippen LogP contribution in [-0.2, 0) is 0 Å². The van der Waals surface area contributed by atoms with Crippen molar-refractivity contribution in [2.24, 2.45) is 0 Å². The van der Waals surface area contributed by atoms with Crippen LogP contribution in [0.4, 0.5) is 5.69 Å². The largest absolute Gasteiger partial charge is 0.437 e. The summed E-state index contributed by atoms with van der Waals surface area (Å²) in [5.74, 6) is 0.972. The molecule has 3 nitrogen and oxygen atoms in total. The molecule has 0 spiro atoms. The minimum atomic E-state index is 0.470. The number of anilines is 1. The smallest absolute Gasteiger partial charge is 0.219 e. The zero-order valence-corrected chi connectivity index (χ0v) is 10.5. The second kappa shape index (κ2) is 4.72. The number of hydrogen-bond donors (Lipinski definition) is 1. The monoisotopic (exact) mass is 298 g/mol. The standard InChI is InChI=1S/C11H8BrClN2O/c12-7-1-4-11(15-6-7)16-10-5-8(13)2-3-9(10)14/h1-6H,14H2. The number of nitrogen functional groups attached to an aromatic ring is 1. The van der Waals surface area contributed by atoms with Crippen LogP contribution < -0.4 is 10.5 Å². The van der Waals surface area contributed by atoms with Crippen LogP contribution in [0.15, 0.2) is 41.0 Å². The van der Waals surface area contributed by atoms with E-state index in [1.54, 1.807) is 30.5 Å². The van der Waals surface area contributed by atoms with Gasteiger partial charge in [0.05, 0.1) is 5.69 Å². The molecule has 0 saturated carbocycles. The van der Waals surface area contributed by atoms with Crippen molar-refractivity contribution in [1.82, 2.24) is 4.98 Å². The fourth-order valence-electron chi connectivity index (χ4n) is 1.13. The number of pyridine rings is 1. The molecule has 0 amide bonds. The van der Waals surface area contributed by atoms with E-state index >= 15 is 0 Å². The van der Waals surface area contributed by atoms with Gasteiger partial charge in [-0.1, -0.05) is 11.6 Å². The Labute approximate surface area is 106 Å². The normalized spacial score (nSPS) is 10.1. The lowest BCUT2D eigenvalue weighted by molar-refractivity contribution is 0.465. The number of aromatic nitrogens is 1. The molecule has 1 aromatic heterocycles. The van der Waals surface area contributed by atoms with Gasteiger partial charge in [0.2, 0.25) is 5.88 Å². The molecule has 5 heteroatoms. The predicted octanol–water partition coefficient (Wildman–Crippen LogP) is 3.87. The second-order valence-electron chi connectivity index (χ2n) is 3.10. The summed E-state index contributed by atoms with van der Waals surface area (Å²) in [6.07, 6.45) is 1.65. The van der Waals surface area contributed by atoms with Gasteiger partial charge in [0.15, 0.2) is 5.75 Å². The van der Waals surface area contributed by atoms with Crippen LogP contribution in [0.5, 0.6) is 11.6 Å². The summed E-state index contributed by atoms with van der Waals surface area (Å²) in [5, 5.41) is 0.571. The Morgan fingerprint density at radius 2 is 2.06 bits per heavy atom. The van der Waals surface area contributed by atoms with Gasteiger partial charge in [0.1, 0.15) is 0 Å². The van der Waals surface area contributed by atoms with Crippen LogP contribution in [0.25, 0.3) is 0 Å². The van der Waals surface area contributed by atoms with Gasteiger partial charge in [-0.25, -0.2) is 4.98 Å². The van der Waals surface area contributed by atoms with Gasteiger partial charge in [-0.2, -0.15) is 0 Å². The van der Waals surface area contributed by atoms with Crippen LogP contribution in [0.3, 0.4) is 0 Å². The molecule has 0 fully saturated rings. The molecule has 0 atom stereocenters. The molecule has 2 N–H and O–H groups in total. The van der Waals surface area contributed by atoms with Crippen molar-refractivity contribution in [2.75, 3.05) is 5.73 Å². The molecule has 0 aliphatic heterocycles. The lowest BCUT2D eigenvalue weighted by Gasteiger charge is -2.07. The highest BCUT2D eigenvalue weighted by Gasteiger charge is 2.03. The average Bonchev–Trinajstić information content (AvgIpc) is 2.27. The summed E-state index contributed by atoms with van der Waals surface area (Å²) in [6, 6.07) is 8.63. The Balaban J connectivity index is 2.26. The van der Waals surface area contributed by atoms with Crippen molar-refractivity contribution in [3.05, 3.63) is 46.0 Å². The van der Waals surface area contributed by atoms with E-state index in [0.717, 1.165) is 4.47 Å². The van der Waals surface area contributed by atoms with E-state index < -0.39 is 0 Å². The predicted molar refractivity (Wildman–Crippen MR) is 67.9 cm³/mol. The van der Waals surface area contributed by atoms with Crippen LogP contribution >= 0.6 is 27.5 Å². The Kier molecular flexibility index (Phi) is 3.31. The molecule has 0 unspecified atom stereocenters. The molecular formula is C11H8BrClN2O. The van der Waals surface area contributed by atoms with Crippen molar-refractivity contribution >= 4 is 33.2 Å². The molecule has 82 valence electrons. The molecule has 2 aromatic rings. The molecule has 1 heterocycles. The lowest BCUT2D eigenvalue weighted by Crippen LogP contribution is -1.93. The SMILES string of the molecule is Nc1ccc(Cl)cc1Oc1ccc(Br)cn1. The zero-order valence-electron chi connectivity index (χ0n) is 8.15. The Bertz CT molecular complexity index is 502. The summed E-state index contributed by atoms with van der Waals surface area (Å²) in [5.41, 5.74) is 6.27. The van der Waals surface area contributed by atoms with Crippen LogP contribution in [0.2, 0.25) is 5.02 Å². The van der Waals surface area contributed by atoms with E-state index in [2.05, 4.69) is 20.9 Å². The lowest BCUT2D eigenvalue weighted by atomic mass is 10.3. The van der Waals surface area contributed by atoms with Crippen molar-refractivity contribution in [1.29, 1.82) is 0 Å². The van der Waals surface area contributed by atoms with Gasteiger partial charge in [-0.05, 0) is 34.1 Å². The summed E-state index contributed by atoms with van der Waals surface area (Å²) >= 11 is 9.14. The zero-order chi connectivity index (χ0) is 11.5. The minimum Gasteiger partial charge on any atom is -0.437 e. The van der Waals surface area contributed by atoms with Gasteiger partial charge in [0.25, 0.3) is 0 Å². The first-order valence-corrected chi connectivity index (χ1v) is 5.67. The summed E-state index contributed by atoms with van der Waals surface area (Å²) in [7, 11) is 0. The molecule has 2 rings (SSSR count). The van der Waals surface area contributed by atoms with Gasteiger partial charge < -0.3 is 10.5 Å². The Morgan fingerprint density at radius 3 is 2.75 bits per heavy atom. The quantitative estimate of drug-likeness (QED) is 0.856. The number of hydrogen-bond acceptors (Lipinski definition) is 3. The first-order chi connectivity index (χ1) is 7.65. The van der Waals surface area contributed by atoms with Crippen molar-refractivity contribution in [2.45, 2.75) is 0 Å². The van der Waals surface area contributed by atoms with Crippen LogP contribution in [0, 0.1) is 0 Å². The average molecular weight is 300 g/mol. The molecule has 0 bridgehead atoms. The Hall–Kier alpha value is -1.26. The number of benzene rings is 1. The fraction of sp³-hybridized carbons (Fsp3) is 0. The number of ether oxygens (including phenoxy) is 1. The number of rotatable bonds is 2. The number of nitrogens with two attached hydrogens (primary N) is 1. The Morgan fingerprint density at radius 1 is 1.25 bits per heavy atom. The molecule has 16 heavy (non-hydrogen) atoms. The highest BCUT2D eigenvalue weighted by molar-refractivity contribution is 9.10. The summed E-state index contributed by atoms with van der Waals surface area (Å²) in [6.45, 7) is 0. The third kappa shape index (κ3) is 2.65. The summed E-state index contributed by atoms with van der Waals surface area (Å²) < 4.78 is 6.39. The van der Waals surface area contributed by atoms with Crippen molar-refractivity contribution in [3.8, 4) is 11.6 Å². The number of nitrogens with zero attached hydrogens (tertiary/aromatic N) is 1. The maximum Gasteiger partial charge on any atom is 0.219 e. The van der Waals surface area contributed by atoms with Gasteiger partial charge in [-0.15, -0.1) is 0 Å². The fourth-order valence-corrected chi connectivity index (χ4v) is 1.53. The molecule has 1 aromatic carbocycles. The van der Waals surface area contributed by atoms with Gasteiger partial charge in [-0.3, -0.25) is 0 Å². The molecule has 0 aliphatic rings. The van der Waals surface area contributed by atoms with E-state index in [9.17, 15) is 0 Å². The van der Waals surface area contributed by atoms with E-state index in [1.807, 2.05) is 6.07 Å². The highest BCUT2D eigenvalue weighted by atomic mass is 79.9. The molecule has 0 saturated heterocycles. The van der Waals surface area contributed by atoms with E-state index in [4.69, 9.17) is 22.1 Å². The second-order valence-corrected chi connectivity index (χ2v) is 4.45. The van der Waals surface area contributed by atoms with E-state index in [0.29, 0.717) is 22.3 Å².